The number of piperidine rings is 2. The Morgan fingerprint density at radius 3 is 1.90 bits per heavy atom. The molecule has 2 heterocycles. The molecule has 2 unspecified atom stereocenters. The summed E-state index contributed by atoms with van der Waals surface area (Å²) in [6.45, 7) is 9.90. The van der Waals surface area contributed by atoms with Crippen molar-refractivity contribution in [3.63, 3.8) is 0 Å². The molecule has 2 aromatic carbocycles. The van der Waals surface area contributed by atoms with E-state index in [1.807, 2.05) is 39.0 Å². The van der Waals surface area contributed by atoms with Crippen LogP contribution in [0.5, 0.6) is 0 Å². The van der Waals surface area contributed by atoms with Crippen molar-refractivity contribution in [1.29, 1.82) is 0 Å². The summed E-state index contributed by atoms with van der Waals surface area (Å²) in [6, 6.07) is 13.9. The van der Waals surface area contributed by atoms with E-state index in [1.54, 1.807) is 37.3 Å². The largest absolute Gasteiger partial charge is 0.444 e. The summed E-state index contributed by atoms with van der Waals surface area (Å²) in [5.41, 5.74) is 0.708. The molecule has 2 saturated heterocycles. The SMILES string of the molecule is COCC1(Cc2ccccc2F)CCCN(C(=O)OC(C)(C)C)C1.COCC1(Cc2ccccc2F)CCCNC1.Cl. The van der Waals surface area contributed by atoms with Gasteiger partial charge in [-0.05, 0) is 89.1 Å². The van der Waals surface area contributed by atoms with Crippen LogP contribution in [0, 0.1) is 22.5 Å². The Labute approximate surface area is 256 Å². The fourth-order valence-electron chi connectivity index (χ4n) is 6.06. The Kier molecular flexibility index (Phi) is 14.2. The highest BCUT2D eigenvalue weighted by atomic mass is 35.5. The van der Waals surface area contributed by atoms with Gasteiger partial charge in [-0.2, -0.15) is 0 Å². The second kappa shape index (κ2) is 16.6. The lowest BCUT2D eigenvalue weighted by Crippen LogP contribution is -2.50. The summed E-state index contributed by atoms with van der Waals surface area (Å²) >= 11 is 0. The molecule has 2 aliphatic heterocycles. The first-order chi connectivity index (χ1) is 19.5. The highest BCUT2D eigenvalue weighted by Gasteiger charge is 2.39. The summed E-state index contributed by atoms with van der Waals surface area (Å²) in [6.07, 6.45) is 4.98. The molecule has 42 heavy (non-hydrogen) atoms. The van der Waals surface area contributed by atoms with Gasteiger partial charge in [0.2, 0.25) is 0 Å². The molecule has 6 nitrogen and oxygen atoms in total. The zero-order valence-electron chi connectivity index (χ0n) is 25.8. The van der Waals surface area contributed by atoms with Crippen molar-refractivity contribution in [3.05, 3.63) is 71.3 Å². The molecule has 0 radical (unpaired) electrons. The number of hydrogen-bond donors (Lipinski definition) is 1. The van der Waals surface area contributed by atoms with Crippen LogP contribution in [0.4, 0.5) is 13.6 Å². The molecule has 236 valence electrons. The first-order valence-corrected chi connectivity index (χ1v) is 14.6. The van der Waals surface area contributed by atoms with Gasteiger partial charge < -0.3 is 24.4 Å². The molecule has 2 aliphatic rings. The predicted octanol–water partition coefficient (Wildman–Crippen LogP) is 6.84. The van der Waals surface area contributed by atoms with Crippen LogP contribution in [0.2, 0.25) is 0 Å². The van der Waals surface area contributed by atoms with Crippen LogP contribution in [0.15, 0.2) is 48.5 Å². The Morgan fingerprint density at radius 1 is 0.881 bits per heavy atom. The second-order valence-electron chi connectivity index (χ2n) is 12.7. The van der Waals surface area contributed by atoms with Gasteiger partial charge in [0.1, 0.15) is 17.2 Å². The minimum Gasteiger partial charge on any atom is -0.444 e. The highest BCUT2D eigenvalue weighted by Crippen LogP contribution is 2.35. The van der Waals surface area contributed by atoms with Gasteiger partial charge in [-0.25, -0.2) is 13.6 Å². The molecule has 0 bridgehead atoms. The van der Waals surface area contributed by atoms with Crippen LogP contribution in [0.3, 0.4) is 0 Å². The third kappa shape index (κ3) is 10.8. The maximum atomic E-state index is 14.1. The lowest BCUT2D eigenvalue weighted by molar-refractivity contribution is -0.0160. The Morgan fingerprint density at radius 2 is 1.40 bits per heavy atom. The van der Waals surface area contributed by atoms with Gasteiger partial charge in [0.05, 0.1) is 13.2 Å². The summed E-state index contributed by atoms with van der Waals surface area (Å²) < 4.78 is 44.0. The number of likely N-dealkylation sites (tertiary alicyclic amines) is 1. The predicted molar refractivity (Wildman–Crippen MR) is 165 cm³/mol. The lowest BCUT2D eigenvalue weighted by atomic mass is 9.75. The first-order valence-electron chi connectivity index (χ1n) is 14.6. The second-order valence-corrected chi connectivity index (χ2v) is 12.7. The molecule has 0 saturated carbocycles. The van der Waals surface area contributed by atoms with Gasteiger partial charge in [0.15, 0.2) is 0 Å². The number of rotatable bonds is 8. The van der Waals surface area contributed by atoms with E-state index in [-0.39, 0.29) is 41.0 Å². The van der Waals surface area contributed by atoms with Crippen molar-refractivity contribution >= 4 is 18.5 Å². The molecule has 2 aromatic rings. The molecule has 2 fully saturated rings. The third-order valence-corrected chi connectivity index (χ3v) is 7.82. The van der Waals surface area contributed by atoms with Crippen molar-refractivity contribution in [2.24, 2.45) is 10.8 Å². The zero-order valence-corrected chi connectivity index (χ0v) is 26.7. The number of carbonyl (C=O) groups is 1. The summed E-state index contributed by atoms with van der Waals surface area (Å²) in [4.78, 5) is 14.1. The fraction of sp³-hybridized carbons (Fsp3) is 0.606. The van der Waals surface area contributed by atoms with Crippen LogP contribution >= 0.6 is 12.4 Å². The fourth-order valence-corrected chi connectivity index (χ4v) is 6.06. The number of hydrogen-bond acceptors (Lipinski definition) is 5. The number of benzene rings is 2. The first kappa shape index (κ1) is 35.9. The number of ether oxygens (including phenoxy) is 3. The number of nitrogens with zero attached hydrogens (tertiary/aromatic N) is 1. The van der Waals surface area contributed by atoms with Crippen molar-refractivity contribution in [2.75, 3.05) is 53.6 Å². The molecule has 1 amide bonds. The van der Waals surface area contributed by atoms with Gasteiger partial charge in [-0.15, -0.1) is 12.4 Å². The molecular weight excluding hydrogens is 562 g/mol. The van der Waals surface area contributed by atoms with E-state index in [9.17, 15) is 13.6 Å². The van der Waals surface area contributed by atoms with E-state index >= 15 is 0 Å². The van der Waals surface area contributed by atoms with Crippen molar-refractivity contribution in [1.82, 2.24) is 10.2 Å². The molecular formula is C33H49ClF2N2O4. The van der Waals surface area contributed by atoms with E-state index in [4.69, 9.17) is 14.2 Å². The van der Waals surface area contributed by atoms with E-state index in [0.29, 0.717) is 38.3 Å². The molecule has 2 atom stereocenters. The van der Waals surface area contributed by atoms with Gasteiger partial charge >= 0.3 is 6.09 Å². The summed E-state index contributed by atoms with van der Waals surface area (Å²) in [5.74, 6) is -0.309. The van der Waals surface area contributed by atoms with Gasteiger partial charge in [0, 0.05) is 44.7 Å². The maximum Gasteiger partial charge on any atom is 0.410 e. The van der Waals surface area contributed by atoms with Gasteiger partial charge in [0.25, 0.3) is 0 Å². The molecule has 1 N–H and O–H groups in total. The van der Waals surface area contributed by atoms with Crippen LogP contribution in [-0.2, 0) is 27.1 Å². The zero-order chi connectivity index (χ0) is 29.9. The van der Waals surface area contributed by atoms with E-state index < -0.39 is 5.60 Å². The summed E-state index contributed by atoms with van der Waals surface area (Å²) in [7, 11) is 3.37. The Hall–Kier alpha value is -2.26. The molecule has 0 spiro atoms. The van der Waals surface area contributed by atoms with Gasteiger partial charge in [-0.1, -0.05) is 36.4 Å². The quantitative estimate of drug-likeness (QED) is 0.355. The van der Waals surface area contributed by atoms with E-state index in [0.717, 1.165) is 50.8 Å². The van der Waals surface area contributed by atoms with Crippen LogP contribution in [0.1, 0.15) is 57.6 Å². The van der Waals surface area contributed by atoms with Crippen molar-refractivity contribution in [2.45, 2.75) is 64.9 Å². The molecule has 0 aliphatic carbocycles. The maximum absolute atomic E-state index is 14.1. The number of amides is 1. The Balaban J connectivity index is 0.000000302. The van der Waals surface area contributed by atoms with Gasteiger partial charge in [-0.3, -0.25) is 0 Å². The minimum absolute atomic E-state index is 0. The monoisotopic (exact) mass is 610 g/mol. The summed E-state index contributed by atoms with van der Waals surface area (Å²) in [5, 5.41) is 3.40. The highest BCUT2D eigenvalue weighted by molar-refractivity contribution is 5.85. The molecule has 9 heteroatoms. The lowest BCUT2D eigenvalue weighted by Gasteiger charge is -2.42. The third-order valence-electron chi connectivity index (χ3n) is 7.82. The van der Waals surface area contributed by atoms with Crippen molar-refractivity contribution < 1.29 is 27.8 Å². The number of carbonyl (C=O) groups excluding carboxylic acids is 1. The smallest absolute Gasteiger partial charge is 0.410 e. The molecule has 4 rings (SSSR count). The van der Waals surface area contributed by atoms with E-state index in [2.05, 4.69) is 5.32 Å². The average Bonchev–Trinajstić information content (AvgIpc) is 2.92. The average molecular weight is 611 g/mol. The molecule has 0 aromatic heterocycles. The topological polar surface area (TPSA) is 60.0 Å². The number of nitrogens with one attached hydrogen (secondary N) is 1. The Bertz CT molecular complexity index is 1100. The number of halogens is 3. The normalized spacial score (nSPS) is 22.4. The van der Waals surface area contributed by atoms with Crippen molar-refractivity contribution in [3.8, 4) is 0 Å². The standard InChI is InChI=1S/C19H28FNO3.C14H20FNO.ClH/c1-18(2,3)24-17(22)21-11-7-10-19(13-21,14-23-4)12-15-8-5-6-9-16(15)20;1-17-11-14(7-4-8-16-10-14)9-12-5-2-3-6-13(12)15;/h5-6,8-9H,7,10-14H2,1-4H3;2-3,5-6,16H,4,7-11H2,1H3;1H. The number of methoxy groups -OCH3 is 2. The van der Waals surface area contributed by atoms with E-state index in [1.165, 1.54) is 12.1 Å². The van der Waals surface area contributed by atoms with Crippen LogP contribution < -0.4 is 5.32 Å². The minimum atomic E-state index is -0.524. The van der Waals surface area contributed by atoms with Crippen LogP contribution in [0.25, 0.3) is 0 Å². The van der Waals surface area contributed by atoms with Crippen LogP contribution in [-0.4, -0.2) is 70.2 Å².